The molecular formula is C21H27BrN4S. The third-order valence-corrected chi connectivity index (χ3v) is 7.63. The normalized spacial score (nSPS) is 18.1. The number of hydrogen-bond acceptors (Lipinski definition) is 5. The maximum atomic E-state index is 4.51. The minimum absolute atomic E-state index is 0.641. The minimum atomic E-state index is 0.641. The highest BCUT2D eigenvalue weighted by Gasteiger charge is 2.20. The van der Waals surface area contributed by atoms with Gasteiger partial charge in [-0.25, -0.2) is 0 Å². The van der Waals surface area contributed by atoms with E-state index in [0.29, 0.717) is 6.04 Å². The summed E-state index contributed by atoms with van der Waals surface area (Å²) in [4.78, 5) is 10.9. The van der Waals surface area contributed by atoms with Gasteiger partial charge in [-0.05, 0) is 72.5 Å². The summed E-state index contributed by atoms with van der Waals surface area (Å²) in [6, 6.07) is 7.15. The molecule has 2 aliphatic rings. The highest BCUT2D eigenvalue weighted by atomic mass is 79.9. The number of nitrogens with one attached hydrogen (secondary N) is 1. The number of likely N-dealkylation sites (tertiary alicyclic amines) is 1. The number of aryl methyl sites for hydroxylation is 1. The zero-order valence-corrected chi connectivity index (χ0v) is 18.2. The van der Waals surface area contributed by atoms with Crippen LogP contribution in [0.15, 0.2) is 40.5 Å². The molecule has 0 atom stereocenters. The maximum Gasteiger partial charge on any atom is 0.0730 e. The Kier molecular flexibility index (Phi) is 6.28. The molecule has 2 aliphatic heterocycles. The first kappa shape index (κ1) is 19.1. The molecule has 2 aromatic rings. The van der Waals surface area contributed by atoms with Crippen molar-refractivity contribution in [3.63, 3.8) is 0 Å². The Morgan fingerprint density at radius 3 is 2.93 bits per heavy atom. The van der Waals surface area contributed by atoms with Crippen molar-refractivity contribution in [2.45, 2.75) is 38.8 Å². The fraction of sp³-hybridized carbons (Fsp3) is 0.476. The topological polar surface area (TPSA) is 31.4 Å². The molecule has 6 heteroatoms. The summed E-state index contributed by atoms with van der Waals surface area (Å²) < 4.78 is 1.26. The molecule has 4 heterocycles. The van der Waals surface area contributed by atoms with Crippen molar-refractivity contribution in [3.05, 3.63) is 56.6 Å². The molecule has 1 saturated heterocycles. The Morgan fingerprint density at radius 2 is 2.15 bits per heavy atom. The van der Waals surface area contributed by atoms with Crippen LogP contribution in [-0.2, 0) is 13.0 Å². The van der Waals surface area contributed by atoms with Gasteiger partial charge in [0.2, 0.25) is 0 Å². The van der Waals surface area contributed by atoms with E-state index in [2.05, 4.69) is 67.4 Å². The molecule has 4 nitrogen and oxygen atoms in total. The van der Waals surface area contributed by atoms with Gasteiger partial charge in [-0.1, -0.05) is 6.08 Å². The first-order valence-electron chi connectivity index (χ1n) is 9.77. The average molecular weight is 447 g/mol. The largest absolute Gasteiger partial charge is 0.346 e. The molecule has 0 unspecified atom stereocenters. The summed E-state index contributed by atoms with van der Waals surface area (Å²) in [5.41, 5.74) is 3.81. The van der Waals surface area contributed by atoms with Crippen molar-refractivity contribution < 1.29 is 0 Å². The lowest BCUT2D eigenvalue weighted by Crippen LogP contribution is -2.44. The van der Waals surface area contributed by atoms with Gasteiger partial charge >= 0.3 is 0 Å². The van der Waals surface area contributed by atoms with Crippen LogP contribution in [0.3, 0.4) is 0 Å². The third kappa shape index (κ3) is 4.80. The second-order valence-electron chi connectivity index (χ2n) is 7.42. The number of hydrogen-bond donors (Lipinski definition) is 1. The highest BCUT2D eigenvalue weighted by Crippen LogP contribution is 2.27. The molecule has 0 saturated carbocycles. The molecule has 0 amide bonds. The van der Waals surface area contributed by atoms with Crippen LogP contribution >= 0.6 is 27.3 Å². The zero-order chi connectivity index (χ0) is 18.6. The Labute approximate surface area is 174 Å². The predicted molar refractivity (Wildman–Crippen MR) is 117 cm³/mol. The molecule has 0 aromatic carbocycles. The lowest BCUT2D eigenvalue weighted by Gasteiger charge is -2.34. The fourth-order valence-corrected chi connectivity index (χ4v) is 5.46. The van der Waals surface area contributed by atoms with Crippen molar-refractivity contribution in [2.24, 2.45) is 0 Å². The molecule has 2 aromatic heterocycles. The molecule has 0 aliphatic carbocycles. The van der Waals surface area contributed by atoms with Crippen LogP contribution in [0.2, 0.25) is 0 Å². The highest BCUT2D eigenvalue weighted by molar-refractivity contribution is 9.11. The van der Waals surface area contributed by atoms with Gasteiger partial charge < -0.3 is 15.1 Å². The molecule has 4 rings (SSSR count). The van der Waals surface area contributed by atoms with Crippen LogP contribution in [0.4, 0.5) is 5.69 Å². The molecule has 0 spiro atoms. The van der Waals surface area contributed by atoms with Crippen LogP contribution in [0, 0.1) is 6.92 Å². The number of pyridine rings is 1. The van der Waals surface area contributed by atoms with E-state index in [1.807, 2.05) is 23.6 Å². The smallest absolute Gasteiger partial charge is 0.0730 e. The van der Waals surface area contributed by atoms with Crippen molar-refractivity contribution >= 4 is 33.0 Å². The van der Waals surface area contributed by atoms with E-state index in [-0.39, 0.29) is 0 Å². The summed E-state index contributed by atoms with van der Waals surface area (Å²) >= 11 is 5.47. The molecule has 0 bridgehead atoms. The summed E-state index contributed by atoms with van der Waals surface area (Å²) in [5.74, 6) is 0. The Bertz CT molecular complexity index is 776. The van der Waals surface area contributed by atoms with E-state index >= 15 is 0 Å². The Morgan fingerprint density at radius 1 is 1.30 bits per heavy atom. The van der Waals surface area contributed by atoms with Gasteiger partial charge in [0, 0.05) is 49.4 Å². The monoisotopic (exact) mass is 446 g/mol. The van der Waals surface area contributed by atoms with Crippen LogP contribution in [-0.4, -0.2) is 42.1 Å². The molecule has 27 heavy (non-hydrogen) atoms. The summed E-state index contributed by atoms with van der Waals surface area (Å²) in [6.07, 6.45) is 9.75. The van der Waals surface area contributed by atoms with Gasteiger partial charge in [-0.3, -0.25) is 4.98 Å². The van der Waals surface area contributed by atoms with Crippen LogP contribution in [0.5, 0.6) is 0 Å². The summed E-state index contributed by atoms with van der Waals surface area (Å²) in [6.45, 7) is 7.67. The second kappa shape index (κ2) is 8.86. The standard InChI is InChI=1S/C21H27BrN4S/c1-16-14-18(27-21(16)22)15-24-17-6-10-25(11-7-17)12-13-26-9-3-4-19-20(26)5-2-8-23-19/h2-3,5,8-9,14,17,24H,4,6-7,10-13,15H2,1H3. The Balaban J connectivity index is 1.21. The van der Waals surface area contributed by atoms with Crippen molar-refractivity contribution in [3.8, 4) is 0 Å². The van der Waals surface area contributed by atoms with Crippen LogP contribution in [0.25, 0.3) is 0 Å². The Hall–Kier alpha value is -1.21. The van der Waals surface area contributed by atoms with Crippen molar-refractivity contribution in [1.29, 1.82) is 0 Å². The number of piperidine rings is 1. The van der Waals surface area contributed by atoms with Gasteiger partial charge in [0.25, 0.3) is 0 Å². The van der Waals surface area contributed by atoms with Crippen molar-refractivity contribution in [1.82, 2.24) is 15.2 Å². The lowest BCUT2D eigenvalue weighted by atomic mass is 10.0. The van der Waals surface area contributed by atoms with Gasteiger partial charge in [-0.2, -0.15) is 0 Å². The van der Waals surface area contributed by atoms with Gasteiger partial charge in [0.1, 0.15) is 0 Å². The van der Waals surface area contributed by atoms with E-state index in [4.69, 9.17) is 0 Å². The van der Waals surface area contributed by atoms with E-state index in [9.17, 15) is 0 Å². The summed E-state index contributed by atoms with van der Waals surface area (Å²) in [5, 5.41) is 3.75. The van der Waals surface area contributed by atoms with Crippen LogP contribution < -0.4 is 10.2 Å². The fourth-order valence-electron chi connectivity index (χ4n) is 3.88. The number of thiophene rings is 1. The van der Waals surface area contributed by atoms with Crippen LogP contribution in [0.1, 0.15) is 29.0 Å². The average Bonchev–Trinajstić information content (AvgIpc) is 3.03. The number of nitrogens with zero attached hydrogens (tertiary/aromatic N) is 3. The second-order valence-corrected chi connectivity index (χ2v) is 9.87. The molecule has 1 N–H and O–H groups in total. The number of fused-ring (bicyclic) bond motifs is 1. The van der Waals surface area contributed by atoms with Crippen molar-refractivity contribution in [2.75, 3.05) is 31.1 Å². The number of anilines is 1. The molecule has 144 valence electrons. The molecule has 0 radical (unpaired) electrons. The predicted octanol–water partition coefficient (Wildman–Crippen LogP) is 4.34. The van der Waals surface area contributed by atoms with Gasteiger partial charge in [0.15, 0.2) is 0 Å². The molecular weight excluding hydrogens is 420 g/mol. The third-order valence-electron chi connectivity index (χ3n) is 5.49. The van der Waals surface area contributed by atoms with E-state index in [1.165, 1.54) is 51.5 Å². The number of rotatable bonds is 6. The number of halogens is 1. The summed E-state index contributed by atoms with van der Waals surface area (Å²) in [7, 11) is 0. The molecule has 1 fully saturated rings. The first-order valence-corrected chi connectivity index (χ1v) is 11.4. The minimum Gasteiger partial charge on any atom is -0.346 e. The zero-order valence-electron chi connectivity index (χ0n) is 15.8. The SMILES string of the molecule is Cc1cc(CNC2CCN(CCN3C=CCc4ncccc43)CC2)sc1Br. The quantitative estimate of drug-likeness (QED) is 0.714. The maximum absolute atomic E-state index is 4.51. The van der Waals surface area contributed by atoms with Gasteiger partial charge in [-0.15, -0.1) is 11.3 Å². The first-order chi connectivity index (χ1) is 13.2. The number of allylic oxidation sites excluding steroid dienone is 1. The van der Waals surface area contributed by atoms with E-state index < -0.39 is 0 Å². The number of aromatic nitrogens is 1. The lowest BCUT2D eigenvalue weighted by molar-refractivity contribution is 0.202. The van der Waals surface area contributed by atoms with E-state index in [0.717, 1.165) is 26.1 Å². The van der Waals surface area contributed by atoms with E-state index in [1.54, 1.807) is 0 Å². The van der Waals surface area contributed by atoms with Gasteiger partial charge in [0.05, 0.1) is 15.2 Å².